The van der Waals surface area contributed by atoms with Gasteiger partial charge in [0.2, 0.25) is 6.43 Å². The highest BCUT2D eigenvalue weighted by atomic mass is 19.3. The van der Waals surface area contributed by atoms with E-state index in [9.17, 15) is 8.78 Å². The molecule has 0 saturated heterocycles. The average Bonchev–Trinajstić information content (AvgIpc) is 2.04. The number of nitrogens with two attached hydrogens (primary N) is 1. The van der Waals surface area contributed by atoms with Crippen LogP contribution in [0.25, 0.3) is 0 Å². The van der Waals surface area contributed by atoms with Gasteiger partial charge in [0.15, 0.2) is 0 Å². The molecule has 12 heavy (non-hydrogen) atoms. The van der Waals surface area contributed by atoms with Crippen LogP contribution < -0.4 is 5.73 Å². The van der Waals surface area contributed by atoms with Gasteiger partial charge in [-0.1, -0.05) is 25.3 Å². The normalized spacial score (nSPS) is 12.7. The fourth-order valence-corrected chi connectivity index (χ4v) is 0.857. The minimum absolute atomic E-state index is 0.220. The van der Waals surface area contributed by atoms with Gasteiger partial charge in [-0.05, 0) is 11.1 Å². The third-order valence-electron chi connectivity index (χ3n) is 1.50. The number of hydrogen-bond acceptors (Lipinski definition) is 1. The monoisotopic (exact) mass is 173 g/mol. The summed E-state index contributed by atoms with van der Waals surface area (Å²) in [5.74, 6) is 0. The second-order valence-corrected chi connectivity index (χ2v) is 2.26. The van der Waals surface area contributed by atoms with Crippen molar-refractivity contribution in [1.29, 1.82) is 0 Å². The van der Waals surface area contributed by atoms with Crippen LogP contribution in [0.1, 0.15) is 6.42 Å². The van der Waals surface area contributed by atoms with Gasteiger partial charge in [-0.15, -0.1) is 0 Å². The molecule has 0 aromatic rings. The summed E-state index contributed by atoms with van der Waals surface area (Å²) in [6, 6.07) is 0. The molecule has 0 aliphatic carbocycles. The molecule has 68 valence electrons. The second kappa shape index (κ2) is 5.66. The molecule has 0 bridgehead atoms. The summed E-state index contributed by atoms with van der Waals surface area (Å²) in [6.45, 7) is 7.13. The summed E-state index contributed by atoms with van der Waals surface area (Å²) in [6.07, 6.45) is 0.219. The number of hydrogen-bond donors (Lipinski definition) is 1. The quantitative estimate of drug-likeness (QED) is 0.634. The minimum Gasteiger partial charge on any atom is -0.326 e. The molecule has 0 aliphatic rings. The highest BCUT2D eigenvalue weighted by molar-refractivity contribution is 5.32. The number of allylic oxidation sites excluding steroid dienone is 2. The van der Waals surface area contributed by atoms with Crippen LogP contribution in [0.3, 0.4) is 0 Å². The van der Waals surface area contributed by atoms with E-state index in [2.05, 4.69) is 13.2 Å². The molecule has 0 unspecified atom stereocenters. The van der Waals surface area contributed by atoms with E-state index in [0.717, 1.165) is 0 Å². The van der Waals surface area contributed by atoms with Crippen LogP contribution in [0.15, 0.2) is 36.5 Å². The van der Waals surface area contributed by atoms with Crippen molar-refractivity contribution in [3.8, 4) is 0 Å². The first-order chi connectivity index (χ1) is 5.65. The minimum atomic E-state index is -2.36. The summed E-state index contributed by atoms with van der Waals surface area (Å²) >= 11 is 0. The van der Waals surface area contributed by atoms with E-state index in [1.54, 1.807) is 0 Å². The average molecular weight is 173 g/mol. The van der Waals surface area contributed by atoms with Crippen LogP contribution in [-0.2, 0) is 0 Å². The van der Waals surface area contributed by atoms with Crippen LogP contribution in [0, 0.1) is 0 Å². The molecule has 0 aliphatic heterocycles. The van der Waals surface area contributed by atoms with Gasteiger partial charge in [0.05, 0.1) is 0 Å². The molecule has 0 atom stereocenters. The first-order valence-electron chi connectivity index (χ1n) is 3.60. The van der Waals surface area contributed by atoms with E-state index in [-0.39, 0.29) is 13.0 Å². The van der Waals surface area contributed by atoms with Gasteiger partial charge in [0.1, 0.15) is 0 Å². The molecule has 0 rings (SSSR count). The van der Waals surface area contributed by atoms with E-state index >= 15 is 0 Å². The van der Waals surface area contributed by atoms with Crippen molar-refractivity contribution in [2.75, 3.05) is 6.54 Å². The molecule has 1 nitrogen and oxygen atoms in total. The Morgan fingerprint density at radius 3 is 2.00 bits per heavy atom. The third kappa shape index (κ3) is 3.44. The molecule has 2 N–H and O–H groups in total. The molecule has 0 heterocycles. The molecule has 0 aromatic heterocycles. The summed E-state index contributed by atoms with van der Waals surface area (Å²) in [4.78, 5) is 0. The van der Waals surface area contributed by atoms with Crippen LogP contribution in [0.5, 0.6) is 0 Å². The zero-order chi connectivity index (χ0) is 9.56. The highest BCUT2D eigenvalue weighted by Gasteiger charge is 2.07. The van der Waals surface area contributed by atoms with Crippen molar-refractivity contribution in [2.24, 2.45) is 5.73 Å². The first kappa shape index (κ1) is 11.0. The molecule has 0 aromatic carbocycles. The van der Waals surface area contributed by atoms with Crippen molar-refractivity contribution in [1.82, 2.24) is 0 Å². The SMILES string of the molecule is C=C/C(CN)=C(\C=C)CC(F)F. The molecule has 0 spiro atoms. The maximum atomic E-state index is 11.9. The van der Waals surface area contributed by atoms with E-state index < -0.39 is 6.43 Å². The molecule has 3 heteroatoms. The van der Waals surface area contributed by atoms with Crippen molar-refractivity contribution < 1.29 is 8.78 Å². The number of alkyl halides is 2. The highest BCUT2D eigenvalue weighted by Crippen LogP contribution is 2.15. The third-order valence-corrected chi connectivity index (χ3v) is 1.50. The Bertz CT molecular complexity index is 195. The fourth-order valence-electron chi connectivity index (χ4n) is 0.857. The van der Waals surface area contributed by atoms with Crippen LogP contribution in [0.2, 0.25) is 0 Å². The summed E-state index contributed by atoms with van der Waals surface area (Å²) in [7, 11) is 0. The topological polar surface area (TPSA) is 26.0 Å². The molecule has 0 saturated carbocycles. The Balaban J connectivity index is 4.57. The van der Waals surface area contributed by atoms with Crippen LogP contribution in [0.4, 0.5) is 8.78 Å². The predicted octanol–water partition coefficient (Wildman–Crippen LogP) is 2.27. The number of halogens is 2. The Kier molecular flexibility index (Phi) is 5.21. The standard InChI is InChI=1S/C9H13F2N/c1-3-7(5-9(10)11)8(4-2)6-12/h3-4,9H,1-2,5-6,12H2/b8-7-. The maximum absolute atomic E-state index is 11.9. The smallest absolute Gasteiger partial charge is 0.242 e. The zero-order valence-corrected chi connectivity index (χ0v) is 6.89. The van der Waals surface area contributed by atoms with Gasteiger partial charge in [0.25, 0.3) is 0 Å². The Morgan fingerprint density at radius 2 is 1.75 bits per heavy atom. The zero-order valence-electron chi connectivity index (χ0n) is 6.89. The molecule has 0 radical (unpaired) electrons. The van der Waals surface area contributed by atoms with Gasteiger partial charge >= 0.3 is 0 Å². The molecular formula is C9H13F2N. The van der Waals surface area contributed by atoms with Gasteiger partial charge in [-0.2, -0.15) is 0 Å². The van der Waals surface area contributed by atoms with E-state index in [1.165, 1.54) is 12.2 Å². The van der Waals surface area contributed by atoms with Crippen molar-refractivity contribution in [3.63, 3.8) is 0 Å². The first-order valence-corrected chi connectivity index (χ1v) is 3.60. The Hall–Kier alpha value is -0.960. The van der Waals surface area contributed by atoms with E-state index in [0.29, 0.717) is 11.1 Å². The Morgan fingerprint density at radius 1 is 1.25 bits per heavy atom. The lowest BCUT2D eigenvalue weighted by molar-refractivity contribution is 0.149. The predicted molar refractivity (Wildman–Crippen MR) is 47.1 cm³/mol. The van der Waals surface area contributed by atoms with Crippen molar-refractivity contribution in [2.45, 2.75) is 12.8 Å². The summed E-state index contributed by atoms with van der Waals surface area (Å²) < 4.78 is 23.9. The fraction of sp³-hybridized carbons (Fsp3) is 0.333. The number of rotatable bonds is 5. The second-order valence-electron chi connectivity index (χ2n) is 2.26. The van der Waals surface area contributed by atoms with Gasteiger partial charge in [0, 0.05) is 13.0 Å². The van der Waals surface area contributed by atoms with Crippen molar-refractivity contribution >= 4 is 0 Å². The molecule has 0 fully saturated rings. The van der Waals surface area contributed by atoms with Crippen LogP contribution >= 0.6 is 0 Å². The van der Waals surface area contributed by atoms with Gasteiger partial charge in [-0.3, -0.25) is 0 Å². The van der Waals surface area contributed by atoms with Gasteiger partial charge < -0.3 is 5.73 Å². The Labute approximate surface area is 71.3 Å². The summed E-state index contributed by atoms with van der Waals surface area (Å²) in [5, 5.41) is 0. The maximum Gasteiger partial charge on any atom is 0.242 e. The molecular weight excluding hydrogens is 160 g/mol. The lowest BCUT2D eigenvalue weighted by Gasteiger charge is -2.05. The van der Waals surface area contributed by atoms with E-state index in [1.807, 2.05) is 0 Å². The lowest BCUT2D eigenvalue weighted by atomic mass is 10.1. The van der Waals surface area contributed by atoms with E-state index in [4.69, 9.17) is 5.73 Å². The largest absolute Gasteiger partial charge is 0.326 e. The summed E-state index contributed by atoms with van der Waals surface area (Å²) in [5.41, 5.74) is 6.42. The van der Waals surface area contributed by atoms with Crippen LogP contribution in [-0.4, -0.2) is 13.0 Å². The van der Waals surface area contributed by atoms with Gasteiger partial charge in [-0.25, -0.2) is 8.78 Å². The van der Waals surface area contributed by atoms with Crippen molar-refractivity contribution in [3.05, 3.63) is 36.5 Å². The molecule has 0 amide bonds. The lowest BCUT2D eigenvalue weighted by Crippen LogP contribution is -2.05.